The van der Waals surface area contributed by atoms with Crippen molar-refractivity contribution in [2.24, 2.45) is 12.8 Å². The van der Waals surface area contributed by atoms with Crippen LogP contribution in [0, 0.1) is 6.92 Å². The number of likely N-dealkylation sites (N-methyl/N-ethyl adjacent to an activating group) is 1. The van der Waals surface area contributed by atoms with Gasteiger partial charge in [-0.1, -0.05) is 6.92 Å². The lowest BCUT2D eigenvalue weighted by Gasteiger charge is -2.30. The van der Waals surface area contributed by atoms with E-state index in [0.29, 0.717) is 6.54 Å². The molecule has 5 nitrogen and oxygen atoms in total. The van der Waals surface area contributed by atoms with E-state index in [1.165, 1.54) is 5.56 Å². The Balaban J connectivity index is 2.72. The van der Waals surface area contributed by atoms with Crippen molar-refractivity contribution >= 4 is 0 Å². The van der Waals surface area contributed by atoms with E-state index in [9.17, 15) is 0 Å². The third kappa shape index (κ3) is 4.60. The van der Waals surface area contributed by atoms with Crippen LogP contribution in [0.1, 0.15) is 30.6 Å². The van der Waals surface area contributed by atoms with Crippen molar-refractivity contribution in [1.82, 2.24) is 19.6 Å². The Morgan fingerprint density at radius 3 is 2.47 bits per heavy atom. The van der Waals surface area contributed by atoms with Gasteiger partial charge in [-0.3, -0.25) is 9.58 Å². The number of nitrogens with two attached hydrogens (primary N) is 1. The number of rotatable bonds is 8. The molecule has 0 fully saturated rings. The van der Waals surface area contributed by atoms with Gasteiger partial charge in [-0.05, 0) is 40.5 Å². The van der Waals surface area contributed by atoms with Crippen LogP contribution in [0.15, 0.2) is 6.20 Å². The summed E-state index contributed by atoms with van der Waals surface area (Å²) in [7, 11) is 6.19. The number of aryl methyl sites for hydroxylation is 2. The van der Waals surface area contributed by atoms with Gasteiger partial charge < -0.3 is 10.6 Å². The van der Waals surface area contributed by atoms with Crippen LogP contribution in [0.3, 0.4) is 0 Å². The molecule has 0 amide bonds. The van der Waals surface area contributed by atoms with Gasteiger partial charge in [0.25, 0.3) is 0 Å². The van der Waals surface area contributed by atoms with Crippen molar-refractivity contribution in [2.75, 3.05) is 40.3 Å². The van der Waals surface area contributed by atoms with Crippen LogP contribution in [-0.2, 0) is 7.05 Å². The fourth-order valence-electron chi connectivity index (χ4n) is 2.54. The minimum Gasteiger partial charge on any atom is -0.329 e. The second kappa shape index (κ2) is 7.62. The first-order valence-electron chi connectivity index (χ1n) is 7.08. The van der Waals surface area contributed by atoms with Crippen molar-refractivity contribution < 1.29 is 0 Å². The number of hydrogen-bond acceptors (Lipinski definition) is 4. The highest BCUT2D eigenvalue weighted by Crippen LogP contribution is 2.22. The van der Waals surface area contributed by atoms with Crippen molar-refractivity contribution in [1.29, 1.82) is 0 Å². The zero-order chi connectivity index (χ0) is 14.4. The summed E-state index contributed by atoms with van der Waals surface area (Å²) in [4.78, 5) is 4.67. The molecule has 2 N–H and O–H groups in total. The molecule has 0 aliphatic rings. The van der Waals surface area contributed by atoms with Crippen LogP contribution in [0.4, 0.5) is 0 Å². The summed E-state index contributed by atoms with van der Waals surface area (Å²) in [5.74, 6) is 0. The summed E-state index contributed by atoms with van der Waals surface area (Å²) >= 11 is 0. The van der Waals surface area contributed by atoms with Crippen LogP contribution >= 0.6 is 0 Å². The lowest BCUT2D eigenvalue weighted by Crippen LogP contribution is -2.35. The Hall–Kier alpha value is -0.910. The molecule has 0 aliphatic heterocycles. The first kappa shape index (κ1) is 16.1. The highest BCUT2D eigenvalue weighted by Gasteiger charge is 2.21. The molecule has 0 saturated heterocycles. The van der Waals surface area contributed by atoms with E-state index in [0.717, 1.165) is 31.7 Å². The minimum atomic E-state index is 0.279. The van der Waals surface area contributed by atoms with Crippen LogP contribution in [0.5, 0.6) is 0 Å². The van der Waals surface area contributed by atoms with E-state index in [2.05, 4.69) is 49.0 Å². The number of nitrogens with zero attached hydrogens (tertiary/aromatic N) is 4. The van der Waals surface area contributed by atoms with E-state index in [-0.39, 0.29) is 6.04 Å². The van der Waals surface area contributed by atoms with Crippen molar-refractivity contribution in [2.45, 2.75) is 26.3 Å². The van der Waals surface area contributed by atoms with E-state index in [1.807, 2.05) is 11.7 Å². The largest absolute Gasteiger partial charge is 0.329 e. The molecule has 1 aromatic rings. The summed E-state index contributed by atoms with van der Waals surface area (Å²) in [5.41, 5.74) is 8.35. The molecule has 110 valence electrons. The topological polar surface area (TPSA) is 50.3 Å². The summed E-state index contributed by atoms with van der Waals surface area (Å²) in [6, 6.07) is 0.279. The molecular formula is C14H29N5. The van der Waals surface area contributed by atoms with Crippen LogP contribution < -0.4 is 5.73 Å². The fourth-order valence-corrected chi connectivity index (χ4v) is 2.54. The Kier molecular flexibility index (Phi) is 6.48. The van der Waals surface area contributed by atoms with Gasteiger partial charge >= 0.3 is 0 Å². The average molecular weight is 267 g/mol. The fraction of sp³-hybridized carbons (Fsp3) is 0.786. The normalized spacial score (nSPS) is 13.5. The third-order valence-corrected chi connectivity index (χ3v) is 3.53. The predicted molar refractivity (Wildman–Crippen MR) is 80.2 cm³/mol. The molecule has 1 atom stereocenters. The van der Waals surface area contributed by atoms with E-state index >= 15 is 0 Å². The Morgan fingerprint density at radius 2 is 2.05 bits per heavy atom. The second-order valence-corrected chi connectivity index (χ2v) is 5.38. The molecule has 5 heteroatoms. The molecule has 0 radical (unpaired) electrons. The van der Waals surface area contributed by atoms with Gasteiger partial charge in [-0.25, -0.2) is 0 Å². The molecule has 1 heterocycles. The first-order chi connectivity index (χ1) is 8.99. The van der Waals surface area contributed by atoms with Crippen molar-refractivity contribution in [3.63, 3.8) is 0 Å². The van der Waals surface area contributed by atoms with Gasteiger partial charge in [0.2, 0.25) is 0 Å². The van der Waals surface area contributed by atoms with Gasteiger partial charge in [-0.15, -0.1) is 0 Å². The predicted octanol–water partition coefficient (Wildman–Crippen LogP) is 1.00. The summed E-state index contributed by atoms with van der Waals surface area (Å²) in [6.45, 7) is 8.10. The van der Waals surface area contributed by atoms with Crippen LogP contribution in [0.2, 0.25) is 0 Å². The Labute approximate surface area is 117 Å². The summed E-state index contributed by atoms with van der Waals surface area (Å²) in [5, 5.41) is 4.43. The van der Waals surface area contributed by atoms with E-state index in [4.69, 9.17) is 5.73 Å². The van der Waals surface area contributed by atoms with E-state index < -0.39 is 0 Å². The molecule has 0 aliphatic carbocycles. The maximum absolute atomic E-state index is 6.00. The lowest BCUT2D eigenvalue weighted by atomic mass is 10.1. The molecule has 19 heavy (non-hydrogen) atoms. The first-order valence-corrected chi connectivity index (χ1v) is 7.08. The monoisotopic (exact) mass is 267 g/mol. The molecule has 1 rings (SSSR count). The van der Waals surface area contributed by atoms with Gasteiger partial charge in [0, 0.05) is 31.9 Å². The van der Waals surface area contributed by atoms with Gasteiger partial charge in [0.1, 0.15) is 0 Å². The molecule has 0 saturated carbocycles. The highest BCUT2D eigenvalue weighted by atomic mass is 15.3. The summed E-state index contributed by atoms with van der Waals surface area (Å²) < 4.78 is 1.88. The Bertz CT molecular complexity index is 372. The molecule has 1 unspecified atom stereocenters. The highest BCUT2D eigenvalue weighted by molar-refractivity contribution is 5.20. The zero-order valence-corrected chi connectivity index (χ0v) is 13.1. The molecule has 0 aromatic carbocycles. The average Bonchev–Trinajstić information content (AvgIpc) is 2.67. The maximum atomic E-state index is 6.00. The lowest BCUT2D eigenvalue weighted by molar-refractivity contribution is 0.201. The smallest absolute Gasteiger partial charge is 0.0641 e. The summed E-state index contributed by atoms with van der Waals surface area (Å²) in [6.07, 6.45) is 3.26. The van der Waals surface area contributed by atoms with Gasteiger partial charge in [-0.2, -0.15) is 5.10 Å². The van der Waals surface area contributed by atoms with Crippen LogP contribution in [0.25, 0.3) is 0 Å². The van der Waals surface area contributed by atoms with Crippen molar-refractivity contribution in [3.8, 4) is 0 Å². The van der Waals surface area contributed by atoms with E-state index in [1.54, 1.807) is 0 Å². The molecule has 1 aromatic heterocycles. The van der Waals surface area contributed by atoms with Gasteiger partial charge in [0.05, 0.1) is 11.7 Å². The number of hydrogen-bond donors (Lipinski definition) is 1. The quantitative estimate of drug-likeness (QED) is 0.763. The SMILES string of the molecule is CCN(CCCN(C)C)C(CN)c1cn(C)nc1C. The Morgan fingerprint density at radius 1 is 1.37 bits per heavy atom. The van der Waals surface area contributed by atoms with Crippen molar-refractivity contribution in [3.05, 3.63) is 17.5 Å². The number of aromatic nitrogens is 2. The third-order valence-electron chi connectivity index (χ3n) is 3.53. The molecule has 0 bridgehead atoms. The zero-order valence-electron chi connectivity index (χ0n) is 13.1. The molecule has 0 spiro atoms. The standard InChI is InChI=1S/C14H29N5/c1-6-19(9-7-8-17(3)4)14(10-15)13-11-18(5)16-12(13)2/h11,14H,6-10,15H2,1-5H3. The minimum absolute atomic E-state index is 0.279. The molecular weight excluding hydrogens is 238 g/mol. The van der Waals surface area contributed by atoms with Crippen LogP contribution in [-0.4, -0.2) is 59.9 Å². The second-order valence-electron chi connectivity index (χ2n) is 5.38. The maximum Gasteiger partial charge on any atom is 0.0641 e. The van der Waals surface area contributed by atoms with Gasteiger partial charge in [0.15, 0.2) is 0 Å².